The van der Waals surface area contributed by atoms with Crippen molar-refractivity contribution in [2.24, 2.45) is 10.9 Å². The molecule has 0 saturated carbocycles. The van der Waals surface area contributed by atoms with Crippen molar-refractivity contribution >= 4 is 6.21 Å². The molecule has 0 aliphatic carbocycles. The number of rotatable bonds is 4. The van der Waals surface area contributed by atoms with Gasteiger partial charge < -0.3 is 15.1 Å². The van der Waals surface area contributed by atoms with Crippen molar-refractivity contribution < 1.29 is 9.26 Å². The van der Waals surface area contributed by atoms with Gasteiger partial charge in [0, 0.05) is 0 Å². The summed E-state index contributed by atoms with van der Waals surface area (Å²) in [7, 11) is 0. The quantitative estimate of drug-likeness (QED) is 0.509. The van der Waals surface area contributed by atoms with Crippen LogP contribution in [0.3, 0.4) is 0 Å². The Morgan fingerprint density at radius 1 is 1.44 bits per heavy atom. The summed E-state index contributed by atoms with van der Waals surface area (Å²) in [6.07, 6.45) is 1.57. The Kier molecular flexibility index (Phi) is 3.62. The Morgan fingerprint density at radius 2 is 2.28 bits per heavy atom. The van der Waals surface area contributed by atoms with Gasteiger partial charge in [0.1, 0.15) is 18.1 Å². The lowest BCUT2D eigenvalue weighted by atomic mass is 10.2. The smallest absolute Gasteiger partial charge is 0.140 e. The van der Waals surface area contributed by atoms with E-state index < -0.39 is 0 Å². The number of nitrogens with zero attached hydrogens (tertiary/aromatic N) is 2. The molecule has 0 radical (unpaired) electrons. The van der Waals surface area contributed by atoms with Gasteiger partial charge >= 0.3 is 0 Å². The van der Waals surface area contributed by atoms with Crippen LogP contribution >= 0.6 is 0 Å². The Bertz CT molecular complexity index is 542. The van der Waals surface area contributed by atoms with Crippen LogP contribution in [0.5, 0.6) is 5.75 Å². The van der Waals surface area contributed by atoms with E-state index in [9.17, 15) is 0 Å². The highest BCUT2D eigenvalue weighted by Gasteiger charge is 2.09. The van der Waals surface area contributed by atoms with Gasteiger partial charge in [-0.2, -0.15) is 5.10 Å². The maximum Gasteiger partial charge on any atom is 0.140 e. The van der Waals surface area contributed by atoms with Crippen LogP contribution in [-0.2, 0) is 6.61 Å². The molecule has 5 heteroatoms. The fourth-order valence-corrected chi connectivity index (χ4v) is 1.63. The van der Waals surface area contributed by atoms with Crippen molar-refractivity contribution in [3.8, 4) is 5.75 Å². The molecule has 1 aromatic carbocycles. The summed E-state index contributed by atoms with van der Waals surface area (Å²) in [5, 5.41) is 7.36. The van der Waals surface area contributed by atoms with E-state index in [4.69, 9.17) is 15.1 Å². The Labute approximate surface area is 105 Å². The fraction of sp³-hybridized carbons (Fsp3) is 0.231. The maximum atomic E-state index is 5.70. The molecule has 1 heterocycles. The average molecular weight is 245 g/mol. The molecule has 0 fully saturated rings. The number of aromatic nitrogens is 1. The van der Waals surface area contributed by atoms with Gasteiger partial charge in [-0.15, -0.1) is 0 Å². The van der Waals surface area contributed by atoms with Crippen molar-refractivity contribution in [1.82, 2.24) is 5.16 Å². The summed E-state index contributed by atoms with van der Waals surface area (Å²) in [5.74, 6) is 6.65. The largest absolute Gasteiger partial charge is 0.489 e. The van der Waals surface area contributed by atoms with Gasteiger partial charge in [0.05, 0.1) is 17.5 Å². The molecule has 2 N–H and O–H groups in total. The van der Waals surface area contributed by atoms with Gasteiger partial charge in [0.25, 0.3) is 0 Å². The fourth-order valence-electron chi connectivity index (χ4n) is 1.63. The number of aryl methyl sites for hydroxylation is 2. The number of ether oxygens (including phenoxy) is 1. The first-order chi connectivity index (χ1) is 8.70. The van der Waals surface area contributed by atoms with Crippen molar-refractivity contribution in [3.05, 3.63) is 46.8 Å². The minimum atomic E-state index is 0.435. The molecule has 0 spiro atoms. The summed E-state index contributed by atoms with van der Waals surface area (Å²) in [6.45, 7) is 4.20. The highest BCUT2D eigenvalue weighted by atomic mass is 16.5. The monoisotopic (exact) mass is 245 g/mol. The molecule has 18 heavy (non-hydrogen) atoms. The summed E-state index contributed by atoms with van der Waals surface area (Å²) in [6, 6.07) is 7.54. The average Bonchev–Trinajstić information content (AvgIpc) is 2.68. The van der Waals surface area contributed by atoms with Gasteiger partial charge in [0.2, 0.25) is 0 Å². The normalized spacial score (nSPS) is 11.0. The topological polar surface area (TPSA) is 73.6 Å². The molecule has 0 amide bonds. The third-order valence-corrected chi connectivity index (χ3v) is 2.65. The van der Waals surface area contributed by atoms with Crippen LogP contribution in [0.4, 0.5) is 0 Å². The molecule has 2 aromatic rings. The molecule has 0 aliphatic heterocycles. The maximum absolute atomic E-state index is 5.70. The molecule has 5 nitrogen and oxygen atoms in total. The minimum Gasteiger partial charge on any atom is -0.489 e. The summed E-state index contributed by atoms with van der Waals surface area (Å²) < 4.78 is 10.8. The van der Waals surface area contributed by atoms with E-state index in [1.165, 1.54) is 0 Å². The molecule has 0 aliphatic rings. The van der Waals surface area contributed by atoms with Crippen molar-refractivity contribution in [2.45, 2.75) is 20.5 Å². The lowest BCUT2D eigenvalue weighted by Crippen LogP contribution is -1.98. The molecule has 2 rings (SSSR count). The molecular formula is C13H15N3O2. The lowest BCUT2D eigenvalue weighted by Gasteiger charge is -2.06. The number of hydrogen-bond acceptors (Lipinski definition) is 5. The molecule has 94 valence electrons. The first-order valence-electron chi connectivity index (χ1n) is 5.58. The molecule has 1 aromatic heterocycles. The van der Waals surface area contributed by atoms with E-state index in [0.717, 1.165) is 28.3 Å². The van der Waals surface area contributed by atoms with E-state index in [1.807, 2.05) is 38.1 Å². The third-order valence-electron chi connectivity index (χ3n) is 2.65. The van der Waals surface area contributed by atoms with Crippen LogP contribution < -0.4 is 10.6 Å². The second kappa shape index (κ2) is 5.35. The van der Waals surface area contributed by atoms with Gasteiger partial charge in [0.15, 0.2) is 0 Å². The van der Waals surface area contributed by atoms with Crippen molar-refractivity contribution in [2.75, 3.05) is 0 Å². The van der Waals surface area contributed by atoms with Gasteiger partial charge in [-0.1, -0.05) is 17.3 Å². The first-order valence-corrected chi connectivity index (χ1v) is 5.58. The van der Waals surface area contributed by atoms with E-state index in [1.54, 1.807) is 6.21 Å². The SMILES string of the molecule is Cc1noc(C)c1COc1cccc(C=NN)c1. The lowest BCUT2D eigenvalue weighted by molar-refractivity contribution is 0.301. The second-order valence-corrected chi connectivity index (χ2v) is 3.94. The Morgan fingerprint density at radius 3 is 2.94 bits per heavy atom. The predicted octanol–water partition coefficient (Wildman–Crippen LogP) is 2.16. The molecular weight excluding hydrogens is 230 g/mol. The van der Waals surface area contributed by atoms with Crippen molar-refractivity contribution in [3.63, 3.8) is 0 Å². The Hall–Kier alpha value is -2.30. The van der Waals surface area contributed by atoms with Crippen molar-refractivity contribution in [1.29, 1.82) is 0 Å². The van der Waals surface area contributed by atoms with Crippen LogP contribution in [0.1, 0.15) is 22.6 Å². The number of hydrazone groups is 1. The minimum absolute atomic E-state index is 0.435. The predicted molar refractivity (Wildman–Crippen MR) is 68.5 cm³/mol. The third kappa shape index (κ3) is 2.68. The molecule has 0 atom stereocenters. The zero-order chi connectivity index (χ0) is 13.0. The molecule has 0 unspecified atom stereocenters. The van der Waals surface area contributed by atoms with E-state index in [2.05, 4.69) is 10.3 Å². The molecule has 0 bridgehead atoms. The van der Waals surface area contributed by atoms with Gasteiger partial charge in [-0.05, 0) is 31.5 Å². The first kappa shape index (κ1) is 12.2. The number of nitrogens with two attached hydrogens (primary N) is 1. The highest BCUT2D eigenvalue weighted by molar-refractivity contribution is 5.79. The number of benzene rings is 1. The number of hydrogen-bond donors (Lipinski definition) is 1. The second-order valence-electron chi connectivity index (χ2n) is 3.94. The van der Waals surface area contributed by atoms with E-state index in [0.29, 0.717) is 6.61 Å². The van der Waals surface area contributed by atoms with Crippen LogP contribution in [0.2, 0.25) is 0 Å². The standard InChI is InChI=1S/C13H15N3O2/c1-9-13(10(2)18-16-9)8-17-12-5-3-4-11(6-12)7-15-14/h3-7H,8,14H2,1-2H3. The molecule has 0 saturated heterocycles. The highest BCUT2D eigenvalue weighted by Crippen LogP contribution is 2.17. The van der Waals surface area contributed by atoms with Gasteiger partial charge in [-0.3, -0.25) is 0 Å². The summed E-state index contributed by atoms with van der Waals surface area (Å²) in [5.41, 5.74) is 2.73. The summed E-state index contributed by atoms with van der Waals surface area (Å²) >= 11 is 0. The van der Waals surface area contributed by atoms with Crippen LogP contribution in [0.15, 0.2) is 33.9 Å². The Balaban J connectivity index is 2.08. The summed E-state index contributed by atoms with van der Waals surface area (Å²) in [4.78, 5) is 0. The van der Waals surface area contributed by atoms with Crippen LogP contribution in [-0.4, -0.2) is 11.4 Å². The van der Waals surface area contributed by atoms with E-state index >= 15 is 0 Å². The zero-order valence-corrected chi connectivity index (χ0v) is 10.4. The van der Waals surface area contributed by atoms with E-state index in [-0.39, 0.29) is 0 Å². The van der Waals surface area contributed by atoms with Crippen LogP contribution in [0.25, 0.3) is 0 Å². The van der Waals surface area contributed by atoms with Gasteiger partial charge in [-0.25, -0.2) is 0 Å². The van der Waals surface area contributed by atoms with Crippen LogP contribution in [0, 0.1) is 13.8 Å². The zero-order valence-electron chi connectivity index (χ0n) is 10.4.